The van der Waals surface area contributed by atoms with Crippen LogP contribution in [0.1, 0.15) is 56.6 Å². The molecule has 0 bridgehead atoms. The van der Waals surface area contributed by atoms with Gasteiger partial charge in [0.1, 0.15) is 6.10 Å². The van der Waals surface area contributed by atoms with Gasteiger partial charge in [0.15, 0.2) is 0 Å². The lowest BCUT2D eigenvalue weighted by molar-refractivity contribution is -0.153. The van der Waals surface area contributed by atoms with Gasteiger partial charge in [-0.25, -0.2) is 0 Å². The minimum atomic E-state index is -0.760. The van der Waals surface area contributed by atoms with Crippen molar-refractivity contribution in [2.75, 3.05) is 26.9 Å². The lowest BCUT2D eigenvalue weighted by Gasteiger charge is -2.30. The number of benzene rings is 1. The average Bonchev–Trinajstić information content (AvgIpc) is 3.36. The van der Waals surface area contributed by atoms with Crippen molar-refractivity contribution in [2.45, 2.75) is 63.1 Å². The Labute approximate surface area is 214 Å². The number of likely N-dealkylation sites (tertiary alicyclic amines) is 1. The molecular weight excluding hydrogens is 460 g/mol. The van der Waals surface area contributed by atoms with Crippen molar-refractivity contribution in [3.63, 3.8) is 0 Å². The summed E-state index contributed by atoms with van der Waals surface area (Å²) in [5, 5.41) is 12.5. The van der Waals surface area contributed by atoms with Crippen molar-refractivity contribution >= 4 is 17.8 Å². The summed E-state index contributed by atoms with van der Waals surface area (Å²) in [6.07, 6.45) is 6.08. The Bertz CT molecular complexity index is 859. The summed E-state index contributed by atoms with van der Waals surface area (Å²) in [4.78, 5) is 40.6. The van der Waals surface area contributed by atoms with Gasteiger partial charge in [0.25, 0.3) is 0 Å². The van der Waals surface area contributed by atoms with E-state index in [2.05, 4.69) is 18.5 Å². The Hall–Kier alpha value is -2.97. The Morgan fingerprint density at radius 1 is 1.22 bits per heavy atom. The first-order valence-electron chi connectivity index (χ1n) is 12.6. The molecule has 1 fully saturated rings. The number of aliphatic hydroxyl groups excluding tert-OH is 1. The third-order valence-electron chi connectivity index (χ3n) is 6.37. The highest BCUT2D eigenvalue weighted by Crippen LogP contribution is 2.25. The summed E-state index contributed by atoms with van der Waals surface area (Å²) >= 11 is 0. The lowest BCUT2D eigenvalue weighted by atomic mass is 9.97. The van der Waals surface area contributed by atoms with Crippen LogP contribution < -0.4 is 5.32 Å². The molecule has 1 aromatic rings. The number of rotatable bonds is 16. The fourth-order valence-corrected chi connectivity index (χ4v) is 4.47. The monoisotopic (exact) mass is 500 g/mol. The van der Waals surface area contributed by atoms with Crippen molar-refractivity contribution in [2.24, 2.45) is 5.92 Å². The molecule has 0 spiro atoms. The highest BCUT2D eigenvalue weighted by Gasteiger charge is 2.34. The minimum absolute atomic E-state index is 0.00536. The first-order chi connectivity index (χ1) is 17.4. The van der Waals surface area contributed by atoms with Crippen molar-refractivity contribution in [3.05, 3.63) is 61.2 Å². The summed E-state index contributed by atoms with van der Waals surface area (Å²) in [5.41, 5.74) is 0.733. The number of nitrogens with one attached hydrogen (secondary N) is 1. The van der Waals surface area contributed by atoms with E-state index in [4.69, 9.17) is 9.47 Å². The first kappa shape index (κ1) is 29.3. The first-order valence-corrected chi connectivity index (χ1v) is 12.6. The molecule has 1 heterocycles. The number of unbranched alkanes of at least 4 members (excludes halogenated alkanes) is 1. The number of allylic oxidation sites excluding steroid dienone is 2. The number of esters is 1. The number of hydrogen-bond donors (Lipinski definition) is 2. The number of amides is 2. The van der Waals surface area contributed by atoms with E-state index < -0.39 is 18.1 Å². The Kier molecular flexibility index (Phi) is 12.9. The van der Waals surface area contributed by atoms with E-state index >= 15 is 0 Å². The molecule has 1 aromatic carbocycles. The molecule has 0 saturated carbocycles. The van der Waals surface area contributed by atoms with Crippen LogP contribution in [0.3, 0.4) is 0 Å². The van der Waals surface area contributed by atoms with Gasteiger partial charge in [-0.2, -0.15) is 0 Å². The number of carbonyl (C=O) groups is 3. The molecule has 2 amide bonds. The molecule has 2 N–H and O–H groups in total. The van der Waals surface area contributed by atoms with Crippen LogP contribution >= 0.6 is 0 Å². The molecule has 1 aliphatic rings. The van der Waals surface area contributed by atoms with Crippen LogP contribution in [0, 0.1) is 5.92 Å². The molecule has 8 nitrogen and oxygen atoms in total. The van der Waals surface area contributed by atoms with Crippen LogP contribution in [0.2, 0.25) is 0 Å². The molecule has 0 aromatic heterocycles. The largest absolute Gasteiger partial charge is 0.455 e. The Balaban J connectivity index is 2.18. The number of nitrogens with zero attached hydrogens (tertiary/aromatic N) is 1. The average molecular weight is 501 g/mol. The molecule has 0 aliphatic carbocycles. The van der Waals surface area contributed by atoms with Gasteiger partial charge in [0.05, 0.1) is 31.2 Å². The van der Waals surface area contributed by atoms with Crippen LogP contribution in [0.4, 0.5) is 0 Å². The van der Waals surface area contributed by atoms with Gasteiger partial charge >= 0.3 is 5.97 Å². The maximum Gasteiger partial charge on any atom is 0.306 e. The van der Waals surface area contributed by atoms with Crippen molar-refractivity contribution < 1.29 is 29.0 Å². The van der Waals surface area contributed by atoms with Crippen LogP contribution in [-0.4, -0.2) is 66.7 Å². The van der Waals surface area contributed by atoms with Gasteiger partial charge in [0.2, 0.25) is 11.8 Å². The molecular formula is C28H40N2O6. The second-order valence-electron chi connectivity index (χ2n) is 9.06. The molecule has 36 heavy (non-hydrogen) atoms. The highest BCUT2D eigenvalue weighted by atomic mass is 16.5. The van der Waals surface area contributed by atoms with Gasteiger partial charge in [-0.05, 0) is 37.7 Å². The zero-order chi connectivity index (χ0) is 26.3. The molecule has 198 valence electrons. The fraction of sp³-hybridized carbons (Fsp3) is 0.536. The number of hydrogen-bond acceptors (Lipinski definition) is 6. The predicted octanol–water partition coefficient (Wildman–Crippen LogP) is 3.32. The van der Waals surface area contributed by atoms with E-state index in [0.717, 1.165) is 18.4 Å². The normalized spacial score (nSPS) is 17.6. The topological polar surface area (TPSA) is 105 Å². The summed E-state index contributed by atoms with van der Waals surface area (Å²) in [6.45, 7) is 8.02. The maximum atomic E-state index is 13.4. The molecule has 1 aliphatic heterocycles. The fourth-order valence-electron chi connectivity index (χ4n) is 4.47. The molecule has 1 saturated heterocycles. The second-order valence-corrected chi connectivity index (χ2v) is 9.06. The maximum absolute atomic E-state index is 13.4. The van der Waals surface area contributed by atoms with Gasteiger partial charge in [-0.15, -0.1) is 13.2 Å². The van der Waals surface area contributed by atoms with Gasteiger partial charge < -0.3 is 24.8 Å². The summed E-state index contributed by atoms with van der Waals surface area (Å²) in [7, 11) is 1.51. The highest BCUT2D eigenvalue weighted by molar-refractivity contribution is 5.86. The van der Waals surface area contributed by atoms with Crippen molar-refractivity contribution in [3.8, 4) is 0 Å². The molecule has 8 heteroatoms. The van der Waals surface area contributed by atoms with E-state index in [-0.39, 0.29) is 49.9 Å². The molecule has 0 unspecified atom stereocenters. The van der Waals surface area contributed by atoms with Gasteiger partial charge in [-0.1, -0.05) is 42.5 Å². The summed E-state index contributed by atoms with van der Waals surface area (Å²) in [6, 6.07) is 8.35. The number of methoxy groups -OCH3 is 1. The van der Waals surface area contributed by atoms with E-state index in [0.29, 0.717) is 25.8 Å². The van der Waals surface area contributed by atoms with E-state index in [9.17, 15) is 19.5 Å². The summed E-state index contributed by atoms with van der Waals surface area (Å²) in [5.74, 6) is -1.52. The summed E-state index contributed by atoms with van der Waals surface area (Å²) < 4.78 is 11.2. The lowest BCUT2D eigenvalue weighted by Crippen LogP contribution is -2.47. The van der Waals surface area contributed by atoms with Crippen molar-refractivity contribution in [1.82, 2.24) is 10.2 Å². The minimum Gasteiger partial charge on any atom is -0.455 e. The van der Waals surface area contributed by atoms with Gasteiger partial charge in [0, 0.05) is 26.5 Å². The van der Waals surface area contributed by atoms with Gasteiger partial charge in [-0.3, -0.25) is 14.4 Å². The third-order valence-corrected chi connectivity index (χ3v) is 6.37. The zero-order valence-electron chi connectivity index (χ0n) is 21.3. The Morgan fingerprint density at radius 3 is 2.61 bits per heavy atom. The van der Waals surface area contributed by atoms with E-state index in [1.165, 1.54) is 7.11 Å². The van der Waals surface area contributed by atoms with Crippen LogP contribution in [0.25, 0.3) is 0 Å². The quantitative estimate of drug-likeness (QED) is 0.205. The van der Waals surface area contributed by atoms with Crippen LogP contribution in [-0.2, 0) is 23.9 Å². The molecule has 0 radical (unpaired) electrons. The molecule has 4 atom stereocenters. The number of ether oxygens (including phenoxy) is 2. The Morgan fingerprint density at radius 2 is 1.97 bits per heavy atom. The zero-order valence-corrected chi connectivity index (χ0v) is 21.3. The van der Waals surface area contributed by atoms with Crippen molar-refractivity contribution in [1.29, 1.82) is 0 Å². The van der Waals surface area contributed by atoms with Crippen LogP contribution in [0.5, 0.6) is 0 Å². The molecule has 2 rings (SSSR count). The smallest absolute Gasteiger partial charge is 0.306 e. The third kappa shape index (κ3) is 8.91. The second kappa shape index (κ2) is 15.9. The number of carbonyl (C=O) groups excluding carboxylic acids is 3. The van der Waals surface area contributed by atoms with E-state index in [1.54, 1.807) is 17.1 Å². The SMILES string of the molecule is C=CCCCC(=O)O[C@@H](c1ccccc1)[C@H](COC)NC(=O)[C@@H](CC=C)CC(=O)N1CCC[C@H]1CO. The standard InChI is InChI=1S/C28H40N2O6/c1-4-6-8-16-26(33)36-27(21-13-9-7-10-14-21)24(20-35-3)29-28(34)22(12-5-2)18-25(32)30-17-11-15-23(30)19-31/h4-5,7,9-10,13-14,22-24,27,31H,1-2,6,8,11-12,15-20H2,3H3,(H,29,34)/t22-,23-,24-,27-/m0/s1. The number of aliphatic hydroxyl groups is 1. The van der Waals surface area contributed by atoms with Crippen LogP contribution in [0.15, 0.2) is 55.6 Å². The predicted molar refractivity (Wildman–Crippen MR) is 138 cm³/mol. The van der Waals surface area contributed by atoms with E-state index in [1.807, 2.05) is 30.3 Å².